The average Bonchev–Trinajstić information content (AvgIpc) is 3.26. The molecular formula is C21H23ClN6O3. The van der Waals surface area contributed by atoms with Crippen molar-refractivity contribution < 1.29 is 14.3 Å². The van der Waals surface area contributed by atoms with Gasteiger partial charge in [-0.15, -0.1) is 5.10 Å². The summed E-state index contributed by atoms with van der Waals surface area (Å²) in [6, 6.07) is 14.7. The second-order valence-electron chi connectivity index (χ2n) is 7.08. The number of carbonyl (C=O) groups is 1. The summed E-state index contributed by atoms with van der Waals surface area (Å²) < 4.78 is 12.6. The number of para-hydroxylation sites is 2. The molecular weight excluding hydrogens is 420 g/mol. The molecule has 9 nitrogen and oxygen atoms in total. The summed E-state index contributed by atoms with van der Waals surface area (Å²) in [4.78, 5) is 16.6. The number of piperazine rings is 1. The van der Waals surface area contributed by atoms with Gasteiger partial charge in [0.05, 0.1) is 19.3 Å². The Morgan fingerprint density at radius 2 is 1.74 bits per heavy atom. The number of hydrogen-bond acceptors (Lipinski definition) is 7. The van der Waals surface area contributed by atoms with Crippen molar-refractivity contribution >= 4 is 17.5 Å². The Kier molecular flexibility index (Phi) is 6.63. The molecule has 2 aromatic carbocycles. The Hall–Kier alpha value is -3.17. The summed E-state index contributed by atoms with van der Waals surface area (Å²) in [6.07, 6.45) is 0. The molecule has 0 spiro atoms. The number of tetrazole rings is 1. The van der Waals surface area contributed by atoms with Crippen molar-refractivity contribution in [2.45, 2.75) is 6.54 Å². The normalized spacial score (nSPS) is 14.5. The van der Waals surface area contributed by atoms with Crippen LogP contribution in [0.15, 0.2) is 48.5 Å². The molecule has 1 aromatic heterocycles. The van der Waals surface area contributed by atoms with E-state index in [-0.39, 0.29) is 12.5 Å². The second kappa shape index (κ2) is 9.76. The fourth-order valence-corrected chi connectivity index (χ4v) is 3.54. The monoisotopic (exact) mass is 442 g/mol. The molecule has 0 radical (unpaired) electrons. The smallest absolute Gasteiger partial charge is 0.260 e. The van der Waals surface area contributed by atoms with Gasteiger partial charge in [-0.3, -0.25) is 9.69 Å². The quantitative estimate of drug-likeness (QED) is 0.553. The van der Waals surface area contributed by atoms with E-state index in [1.54, 1.807) is 36.1 Å². The first kappa shape index (κ1) is 21.1. The minimum absolute atomic E-state index is 0.0187. The van der Waals surface area contributed by atoms with E-state index >= 15 is 0 Å². The first-order valence-corrected chi connectivity index (χ1v) is 10.3. The molecule has 162 valence electrons. The van der Waals surface area contributed by atoms with Crippen LogP contribution in [-0.2, 0) is 11.3 Å². The molecule has 0 bridgehead atoms. The van der Waals surface area contributed by atoms with E-state index in [2.05, 4.69) is 20.4 Å². The fourth-order valence-electron chi connectivity index (χ4n) is 3.41. The van der Waals surface area contributed by atoms with Crippen LogP contribution >= 0.6 is 11.6 Å². The number of nitrogens with zero attached hydrogens (tertiary/aromatic N) is 6. The van der Waals surface area contributed by atoms with Crippen LogP contribution in [0.25, 0.3) is 5.69 Å². The first-order chi connectivity index (χ1) is 15.1. The zero-order valence-corrected chi connectivity index (χ0v) is 17.9. The molecule has 0 N–H and O–H groups in total. The van der Waals surface area contributed by atoms with Crippen molar-refractivity contribution in [3.63, 3.8) is 0 Å². The van der Waals surface area contributed by atoms with Crippen LogP contribution in [0.4, 0.5) is 0 Å². The Balaban J connectivity index is 1.29. The molecule has 0 unspecified atom stereocenters. The van der Waals surface area contributed by atoms with E-state index in [0.29, 0.717) is 36.2 Å². The Labute approximate surface area is 185 Å². The molecule has 31 heavy (non-hydrogen) atoms. The van der Waals surface area contributed by atoms with E-state index in [4.69, 9.17) is 21.1 Å². The molecule has 1 amide bonds. The van der Waals surface area contributed by atoms with Gasteiger partial charge >= 0.3 is 0 Å². The van der Waals surface area contributed by atoms with Gasteiger partial charge in [0.25, 0.3) is 5.91 Å². The Morgan fingerprint density at radius 3 is 2.45 bits per heavy atom. The second-order valence-corrected chi connectivity index (χ2v) is 7.52. The van der Waals surface area contributed by atoms with Gasteiger partial charge < -0.3 is 14.4 Å². The Bertz CT molecular complexity index is 1020. The van der Waals surface area contributed by atoms with E-state index in [1.165, 1.54) is 0 Å². The molecule has 4 rings (SSSR count). The summed E-state index contributed by atoms with van der Waals surface area (Å²) in [5.41, 5.74) is 0.853. The lowest BCUT2D eigenvalue weighted by Gasteiger charge is -2.34. The molecule has 0 aliphatic carbocycles. The predicted octanol–water partition coefficient (Wildman–Crippen LogP) is 2.05. The summed E-state index contributed by atoms with van der Waals surface area (Å²) in [5.74, 6) is 1.86. The zero-order valence-electron chi connectivity index (χ0n) is 17.1. The van der Waals surface area contributed by atoms with Gasteiger partial charge in [0.1, 0.15) is 0 Å². The highest BCUT2D eigenvalue weighted by Crippen LogP contribution is 2.25. The number of methoxy groups -OCH3 is 1. The lowest BCUT2D eigenvalue weighted by molar-refractivity contribution is -0.135. The summed E-state index contributed by atoms with van der Waals surface area (Å²) in [6.45, 7) is 3.28. The van der Waals surface area contributed by atoms with Crippen LogP contribution in [0, 0.1) is 0 Å². The van der Waals surface area contributed by atoms with Crippen molar-refractivity contribution in [2.24, 2.45) is 0 Å². The van der Waals surface area contributed by atoms with Crippen molar-refractivity contribution in [3.8, 4) is 17.2 Å². The number of aromatic nitrogens is 4. The number of halogens is 1. The molecule has 2 heterocycles. The lowest BCUT2D eigenvalue weighted by atomic mass is 10.3. The van der Waals surface area contributed by atoms with Gasteiger partial charge in [-0.1, -0.05) is 23.7 Å². The topological polar surface area (TPSA) is 85.6 Å². The Morgan fingerprint density at radius 1 is 1.03 bits per heavy atom. The van der Waals surface area contributed by atoms with Crippen LogP contribution in [-0.4, -0.2) is 75.8 Å². The highest BCUT2D eigenvalue weighted by atomic mass is 35.5. The van der Waals surface area contributed by atoms with Crippen molar-refractivity contribution in [3.05, 3.63) is 59.4 Å². The molecule has 0 saturated carbocycles. The maximum Gasteiger partial charge on any atom is 0.260 e. The van der Waals surface area contributed by atoms with Crippen molar-refractivity contribution in [2.75, 3.05) is 39.9 Å². The van der Waals surface area contributed by atoms with Crippen LogP contribution in [0.3, 0.4) is 0 Å². The van der Waals surface area contributed by atoms with Crippen LogP contribution in [0.2, 0.25) is 5.02 Å². The summed E-state index contributed by atoms with van der Waals surface area (Å²) in [7, 11) is 1.58. The lowest BCUT2D eigenvalue weighted by Crippen LogP contribution is -2.49. The third-order valence-electron chi connectivity index (χ3n) is 5.12. The number of amides is 1. The summed E-state index contributed by atoms with van der Waals surface area (Å²) in [5, 5.41) is 12.7. The molecule has 3 aromatic rings. The zero-order chi connectivity index (χ0) is 21.6. The van der Waals surface area contributed by atoms with E-state index in [9.17, 15) is 4.79 Å². The number of rotatable bonds is 7. The van der Waals surface area contributed by atoms with E-state index < -0.39 is 0 Å². The van der Waals surface area contributed by atoms with Crippen molar-refractivity contribution in [1.82, 2.24) is 30.0 Å². The molecule has 1 fully saturated rings. The van der Waals surface area contributed by atoms with Gasteiger partial charge in [0.15, 0.2) is 23.9 Å². The van der Waals surface area contributed by atoms with Gasteiger partial charge in [0, 0.05) is 31.2 Å². The van der Waals surface area contributed by atoms with Gasteiger partial charge in [-0.05, 0) is 46.8 Å². The van der Waals surface area contributed by atoms with Gasteiger partial charge in [-0.2, -0.15) is 4.68 Å². The number of hydrogen-bond donors (Lipinski definition) is 0. The first-order valence-electron chi connectivity index (χ1n) is 9.93. The van der Waals surface area contributed by atoms with Crippen LogP contribution in [0.5, 0.6) is 11.5 Å². The van der Waals surface area contributed by atoms with Crippen LogP contribution < -0.4 is 9.47 Å². The largest absolute Gasteiger partial charge is 0.493 e. The predicted molar refractivity (Wildman–Crippen MR) is 115 cm³/mol. The highest BCUT2D eigenvalue weighted by molar-refractivity contribution is 6.30. The third kappa shape index (κ3) is 5.12. The minimum atomic E-state index is -0.0449. The molecule has 0 atom stereocenters. The SMILES string of the molecule is COc1ccccc1OCC(=O)N1CCN(Cc2nnnn2-c2ccc(Cl)cc2)CC1. The minimum Gasteiger partial charge on any atom is -0.493 e. The van der Waals surface area contributed by atoms with Crippen LogP contribution in [0.1, 0.15) is 5.82 Å². The maximum absolute atomic E-state index is 12.6. The van der Waals surface area contributed by atoms with E-state index in [1.807, 2.05) is 29.2 Å². The molecule has 1 saturated heterocycles. The third-order valence-corrected chi connectivity index (χ3v) is 5.37. The maximum atomic E-state index is 12.6. The number of ether oxygens (including phenoxy) is 2. The van der Waals surface area contributed by atoms with Crippen molar-refractivity contribution in [1.29, 1.82) is 0 Å². The van der Waals surface area contributed by atoms with Gasteiger partial charge in [-0.25, -0.2) is 0 Å². The van der Waals surface area contributed by atoms with Gasteiger partial charge in [0.2, 0.25) is 0 Å². The number of benzene rings is 2. The number of carbonyl (C=O) groups excluding carboxylic acids is 1. The molecule has 1 aliphatic heterocycles. The molecule has 1 aliphatic rings. The molecule has 10 heteroatoms. The average molecular weight is 443 g/mol. The highest BCUT2D eigenvalue weighted by Gasteiger charge is 2.23. The summed E-state index contributed by atoms with van der Waals surface area (Å²) >= 11 is 5.96. The standard InChI is InChI=1S/C21H23ClN6O3/c1-30-18-4-2-3-5-19(18)31-15-21(29)27-12-10-26(11-13-27)14-20-23-24-25-28(20)17-8-6-16(22)7-9-17/h2-9H,10-15H2,1H3. The fraction of sp³-hybridized carbons (Fsp3) is 0.333. The van der Waals surface area contributed by atoms with E-state index in [0.717, 1.165) is 24.6 Å².